The van der Waals surface area contributed by atoms with Gasteiger partial charge in [0.05, 0.1) is 26.9 Å². The summed E-state index contributed by atoms with van der Waals surface area (Å²) in [5.41, 5.74) is 10.8. The van der Waals surface area contributed by atoms with Gasteiger partial charge in [-0.1, -0.05) is 24.3 Å². The number of rotatable bonds is 8. The van der Waals surface area contributed by atoms with Gasteiger partial charge in [-0.05, 0) is 120 Å². The van der Waals surface area contributed by atoms with Crippen LogP contribution in [0.15, 0.2) is 134 Å². The minimum Gasteiger partial charge on any atom is -0.744 e. The van der Waals surface area contributed by atoms with Crippen molar-refractivity contribution >= 4 is 64.4 Å². The molecule has 0 radical (unpaired) electrons. The van der Waals surface area contributed by atoms with Gasteiger partial charge in [-0.2, -0.15) is 8.42 Å². The number of hydrogen-bond acceptors (Lipinski definition) is 11. The second kappa shape index (κ2) is 16.0. The smallest absolute Gasteiger partial charge is 0.744 e. The van der Waals surface area contributed by atoms with E-state index in [0.29, 0.717) is 50.6 Å². The Kier molecular flexibility index (Phi) is 13.2. The predicted octanol–water partition coefficient (Wildman–Crippen LogP) is -0.916. The first kappa shape index (κ1) is 40.5. The Morgan fingerprint density at radius 1 is 0.694 bits per heavy atom. The van der Waals surface area contributed by atoms with E-state index in [1.165, 1.54) is 54.6 Å². The fraction of sp³-hybridized carbons (Fsp3) is 0.0312. The summed E-state index contributed by atoms with van der Waals surface area (Å²) in [6.07, 6.45) is 6.90. The molecule has 0 unspecified atom stereocenters. The van der Waals surface area contributed by atoms with Crippen molar-refractivity contribution in [2.75, 3.05) is 11.1 Å². The predicted molar refractivity (Wildman–Crippen MR) is 175 cm³/mol. The van der Waals surface area contributed by atoms with Gasteiger partial charge in [0.2, 0.25) is 0 Å². The zero-order chi connectivity index (χ0) is 34.1. The molecule has 5 rings (SSSR count). The third-order valence-electron chi connectivity index (χ3n) is 7.06. The van der Waals surface area contributed by atoms with Gasteiger partial charge < -0.3 is 20.2 Å². The number of anilines is 3. The second-order valence-corrected chi connectivity index (χ2v) is 14.5. The molecule has 1 aliphatic carbocycles. The summed E-state index contributed by atoms with van der Waals surface area (Å²) < 4.78 is 102. The first-order chi connectivity index (χ1) is 22.0. The molecule has 0 atom stereocenters. The number of nitrogens with one attached hydrogen (secondary N) is 1. The van der Waals surface area contributed by atoms with Crippen molar-refractivity contribution in [3.05, 3.63) is 131 Å². The minimum atomic E-state index is -4.66. The molecule has 0 heterocycles. The third kappa shape index (κ3) is 10.1. The number of aliphatic imine (C=N–C) groups is 1. The van der Waals surface area contributed by atoms with Crippen molar-refractivity contribution in [3.8, 4) is 0 Å². The average molecular weight is 738 g/mol. The van der Waals surface area contributed by atoms with Gasteiger partial charge in [0.25, 0.3) is 10.1 Å². The molecule has 4 aromatic carbocycles. The summed E-state index contributed by atoms with van der Waals surface area (Å²) in [5, 5.41) is 3.12. The molecule has 242 valence electrons. The van der Waals surface area contributed by atoms with E-state index in [4.69, 9.17) is 5.73 Å². The van der Waals surface area contributed by atoms with Crippen molar-refractivity contribution in [1.82, 2.24) is 0 Å². The van der Waals surface area contributed by atoms with Crippen LogP contribution in [-0.4, -0.2) is 44.6 Å². The normalized spacial score (nSPS) is 12.9. The Morgan fingerprint density at radius 2 is 1.16 bits per heavy atom. The number of nitrogen functional groups attached to an aromatic ring is 1. The number of aryl methyl sites for hydroxylation is 1. The van der Waals surface area contributed by atoms with Gasteiger partial charge in [-0.3, -0.25) is 4.55 Å². The van der Waals surface area contributed by atoms with Gasteiger partial charge in [0.15, 0.2) is 0 Å². The van der Waals surface area contributed by atoms with Gasteiger partial charge in [0, 0.05) is 11.4 Å². The average Bonchev–Trinajstić information content (AvgIpc) is 3.00. The number of benzene rings is 4. The standard InChI is InChI=1S/C32H27N3O9S3.2Na/c1-20-18-23(19-30(32(20)33)47(42,43)44)31(21-2-6-24(7-3-21)34-26-10-14-28(15-11-26)45(36,37)38)22-4-8-25(9-5-22)35-27-12-16-29(17-13-27)46(39,40)41;;/h2-19,34H,33H2,1H3,(H,36,37,38)(H,39,40,41)(H,42,43,44);;/q;2*+1/p-2. The maximum absolute atomic E-state index is 12.2. The van der Waals surface area contributed by atoms with E-state index < -0.39 is 35.2 Å². The Balaban J connectivity index is 0.00000325. The molecule has 17 heteroatoms. The molecule has 49 heavy (non-hydrogen) atoms. The van der Waals surface area contributed by atoms with Crippen LogP contribution in [0.5, 0.6) is 0 Å². The summed E-state index contributed by atoms with van der Waals surface area (Å²) >= 11 is 0. The molecule has 0 fully saturated rings. The van der Waals surface area contributed by atoms with Crippen molar-refractivity contribution in [2.24, 2.45) is 4.99 Å². The summed E-state index contributed by atoms with van der Waals surface area (Å²) in [7, 11) is -13.8. The van der Waals surface area contributed by atoms with Crippen molar-refractivity contribution < 1.29 is 98.0 Å². The molecule has 0 spiro atoms. The molecule has 1 aliphatic rings. The first-order valence-electron chi connectivity index (χ1n) is 13.6. The van der Waals surface area contributed by atoms with Crippen LogP contribution in [0.2, 0.25) is 0 Å². The molecule has 0 amide bonds. The molecule has 0 aromatic heterocycles. The van der Waals surface area contributed by atoms with Crippen LogP contribution in [-0.2, 0) is 30.4 Å². The zero-order valence-electron chi connectivity index (χ0n) is 26.4. The van der Waals surface area contributed by atoms with Crippen LogP contribution in [0.25, 0.3) is 5.57 Å². The molecule has 4 aromatic rings. The second-order valence-electron chi connectivity index (χ2n) is 10.3. The topological polar surface area (TPSA) is 219 Å². The van der Waals surface area contributed by atoms with Crippen LogP contribution in [0, 0.1) is 6.92 Å². The Morgan fingerprint density at radius 3 is 1.63 bits per heavy atom. The molecule has 0 aliphatic heterocycles. The summed E-state index contributed by atoms with van der Waals surface area (Å²) in [6, 6.07) is 20.5. The SMILES string of the molecule is Cc1cc(C(=C2C=CC(=Nc3ccc(S(=O)(=O)[O-])cc3)C=C2)c2ccc(Nc3ccc(S(=O)(=O)[O-])cc3)cc2)cc(S(=O)(=O)O)c1N.[Na+].[Na+]. The maximum atomic E-state index is 12.2. The van der Waals surface area contributed by atoms with Crippen molar-refractivity contribution in [3.63, 3.8) is 0 Å². The van der Waals surface area contributed by atoms with E-state index in [1.807, 2.05) is 0 Å². The summed E-state index contributed by atoms with van der Waals surface area (Å²) in [5.74, 6) is 0. The van der Waals surface area contributed by atoms with Gasteiger partial charge in [-0.15, -0.1) is 0 Å². The van der Waals surface area contributed by atoms with Gasteiger partial charge in [-0.25, -0.2) is 21.8 Å². The fourth-order valence-electron chi connectivity index (χ4n) is 4.75. The zero-order valence-corrected chi connectivity index (χ0v) is 32.8. The largest absolute Gasteiger partial charge is 1.00 e. The number of hydrogen-bond donors (Lipinski definition) is 3. The van der Waals surface area contributed by atoms with E-state index in [1.54, 1.807) is 61.6 Å². The van der Waals surface area contributed by atoms with E-state index in [0.717, 1.165) is 0 Å². The molecule has 12 nitrogen and oxygen atoms in total. The fourth-order valence-corrected chi connectivity index (χ4v) is 6.41. The molecular formula is C32H25N3Na2O9S3. The van der Waals surface area contributed by atoms with Crippen LogP contribution in [0.1, 0.15) is 16.7 Å². The molecule has 0 saturated heterocycles. The van der Waals surface area contributed by atoms with E-state index in [2.05, 4.69) is 10.3 Å². The minimum absolute atomic E-state index is 0. The monoisotopic (exact) mass is 737 g/mol. The Bertz CT molecular complexity index is 2320. The van der Waals surface area contributed by atoms with Gasteiger partial charge in [0.1, 0.15) is 25.1 Å². The van der Waals surface area contributed by atoms with E-state index >= 15 is 0 Å². The quantitative estimate of drug-likeness (QED) is 0.114. The van der Waals surface area contributed by atoms with E-state index in [9.17, 15) is 38.9 Å². The number of nitrogens with zero attached hydrogens (tertiary/aromatic N) is 1. The van der Waals surface area contributed by atoms with Crippen LogP contribution in [0.4, 0.5) is 22.7 Å². The molecule has 0 saturated carbocycles. The number of allylic oxidation sites excluding steroid dienone is 5. The Hall–Kier alpha value is -2.90. The maximum Gasteiger partial charge on any atom is 1.00 e. The third-order valence-corrected chi connectivity index (χ3v) is 9.65. The molecular weight excluding hydrogens is 713 g/mol. The van der Waals surface area contributed by atoms with Crippen molar-refractivity contribution in [2.45, 2.75) is 21.6 Å². The molecule has 4 N–H and O–H groups in total. The van der Waals surface area contributed by atoms with Crippen molar-refractivity contribution in [1.29, 1.82) is 0 Å². The summed E-state index contributed by atoms with van der Waals surface area (Å²) in [4.78, 5) is 3.29. The first-order valence-corrected chi connectivity index (χ1v) is 17.8. The summed E-state index contributed by atoms with van der Waals surface area (Å²) in [6.45, 7) is 1.62. The van der Waals surface area contributed by atoms with E-state index in [-0.39, 0.29) is 74.6 Å². The van der Waals surface area contributed by atoms with Crippen LogP contribution < -0.4 is 70.2 Å². The Labute approximate surface area is 328 Å². The number of nitrogens with two attached hydrogens (primary N) is 1. The molecule has 0 bridgehead atoms. The van der Waals surface area contributed by atoms with Crippen LogP contribution >= 0.6 is 0 Å². The van der Waals surface area contributed by atoms with Crippen LogP contribution in [0.3, 0.4) is 0 Å². The van der Waals surface area contributed by atoms with Gasteiger partial charge >= 0.3 is 59.1 Å².